The highest BCUT2D eigenvalue weighted by atomic mass is 16.5. The normalized spacial score (nSPS) is 13.1. The van der Waals surface area contributed by atoms with Gasteiger partial charge in [-0.3, -0.25) is 10.5 Å². The zero-order valence-electron chi connectivity index (χ0n) is 14.4. The van der Waals surface area contributed by atoms with Gasteiger partial charge in [-0.15, -0.1) is 0 Å². The minimum atomic E-state index is -0.976. The number of nitrogens with one attached hydrogen (secondary N) is 1. The van der Waals surface area contributed by atoms with Gasteiger partial charge >= 0.3 is 0 Å². The Morgan fingerprint density at radius 3 is 2.29 bits per heavy atom. The molecule has 0 spiro atoms. The molecule has 0 aliphatic carbocycles. The van der Waals surface area contributed by atoms with Crippen molar-refractivity contribution < 1.29 is 9.53 Å². The third-order valence-electron chi connectivity index (χ3n) is 3.91. The molecular formula is C20H26N2O2. The Hall–Kier alpha value is -2.33. The molecule has 0 saturated heterocycles. The van der Waals surface area contributed by atoms with E-state index in [-0.39, 0.29) is 12.3 Å². The number of rotatable bonds is 8. The molecule has 2 rings (SSSR count). The molecule has 0 fully saturated rings. The van der Waals surface area contributed by atoms with E-state index in [1.165, 1.54) is 11.1 Å². The number of nitrogens with two attached hydrogens (primary N) is 1. The van der Waals surface area contributed by atoms with Crippen LogP contribution in [0.2, 0.25) is 0 Å². The number of carbonyl (C=O) groups is 1. The van der Waals surface area contributed by atoms with Crippen molar-refractivity contribution in [2.24, 2.45) is 5.73 Å². The van der Waals surface area contributed by atoms with Crippen LogP contribution in [0.4, 0.5) is 0 Å². The van der Waals surface area contributed by atoms with Crippen molar-refractivity contribution in [2.75, 3.05) is 7.05 Å². The van der Waals surface area contributed by atoms with Gasteiger partial charge in [-0.05, 0) is 29.7 Å². The second-order valence-electron chi connectivity index (χ2n) is 6.07. The van der Waals surface area contributed by atoms with Crippen molar-refractivity contribution in [1.29, 1.82) is 0 Å². The molecule has 0 aliphatic heterocycles. The van der Waals surface area contributed by atoms with Gasteiger partial charge in [0.15, 0.2) is 5.72 Å². The van der Waals surface area contributed by atoms with Gasteiger partial charge in [-0.1, -0.05) is 55.8 Å². The van der Waals surface area contributed by atoms with E-state index in [1.54, 1.807) is 7.05 Å². The molecule has 1 unspecified atom stereocenters. The summed E-state index contributed by atoms with van der Waals surface area (Å²) >= 11 is 0. The summed E-state index contributed by atoms with van der Waals surface area (Å²) in [6.45, 7) is 2.03. The Kier molecular flexibility index (Phi) is 6.38. The van der Waals surface area contributed by atoms with Crippen LogP contribution in [-0.2, 0) is 11.2 Å². The Morgan fingerprint density at radius 1 is 1.08 bits per heavy atom. The summed E-state index contributed by atoms with van der Waals surface area (Å²) in [7, 11) is 1.60. The van der Waals surface area contributed by atoms with Gasteiger partial charge in [0, 0.05) is 13.5 Å². The van der Waals surface area contributed by atoms with Crippen LogP contribution in [0.15, 0.2) is 54.6 Å². The maximum absolute atomic E-state index is 11.7. The van der Waals surface area contributed by atoms with Gasteiger partial charge in [-0.2, -0.15) is 0 Å². The van der Waals surface area contributed by atoms with E-state index in [2.05, 4.69) is 17.4 Å². The average Bonchev–Trinajstić information content (AvgIpc) is 2.57. The highest BCUT2D eigenvalue weighted by Crippen LogP contribution is 2.23. The summed E-state index contributed by atoms with van der Waals surface area (Å²) in [5, 5.41) is 2.60. The standard InChI is InChI=1S/C20H26N2O2/c1-3-13-20(21,15-19(23)22-2)24-18-11-9-17(10-12-18)14-16-7-5-4-6-8-16/h4-12H,3,13-15,21H2,1-2H3,(H,22,23). The maximum atomic E-state index is 11.7. The van der Waals surface area contributed by atoms with Gasteiger partial charge < -0.3 is 10.1 Å². The molecule has 4 heteroatoms. The molecule has 4 nitrogen and oxygen atoms in total. The molecule has 0 aromatic heterocycles. The fourth-order valence-corrected chi connectivity index (χ4v) is 2.70. The molecule has 128 valence electrons. The van der Waals surface area contributed by atoms with Crippen LogP contribution in [0.5, 0.6) is 5.75 Å². The zero-order valence-corrected chi connectivity index (χ0v) is 14.4. The lowest BCUT2D eigenvalue weighted by Gasteiger charge is -2.29. The summed E-state index contributed by atoms with van der Waals surface area (Å²) < 4.78 is 5.94. The van der Waals surface area contributed by atoms with Crippen LogP contribution in [0.1, 0.15) is 37.3 Å². The monoisotopic (exact) mass is 326 g/mol. The molecule has 24 heavy (non-hydrogen) atoms. The first kappa shape index (κ1) is 18.0. The predicted octanol–water partition coefficient (Wildman–Crippen LogP) is 3.25. The minimum absolute atomic E-state index is 0.119. The lowest BCUT2D eigenvalue weighted by atomic mass is 10.0. The maximum Gasteiger partial charge on any atom is 0.225 e. The second-order valence-corrected chi connectivity index (χ2v) is 6.07. The van der Waals surface area contributed by atoms with Crippen LogP contribution in [0.3, 0.4) is 0 Å². The van der Waals surface area contributed by atoms with Crippen LogP contribution >= 0.6 is 0 Å². The third kappa shape index (κ3) is 5.39. The van der Waals surface area contributed by atoms with Crippen LogP contribution < -0.4 is 15.8 Å². The van der Waals surface area contributed by atoms with Gasteiger partial charge in [0.25, 0.3) is 0 Å². The van der Waals surface area contributed by atoms with Crippen molar-refractivity contribution in [2.45, 2.75) is 38.3 Å². The molecular weight excluding hydrogens is 300 g/mol. The quantitative estimate of drug-likeness (QED) is 0.732. The average molecular weight is 326 g/mol. The lowest BCUT2D eigenvalue weighted by molar-refractivity contribution is -0.124. The SMILES string of the molecule is CCCC(N)(CC(=O)NC)Oc1ccc(Cc2ccccc2)cc1. The van der Waals surface area contributed by atoms with Crippen molar-refractivity contribution in [3.8, 4) is 5.75 Å². The fraction of sp³-hybridized carbons (Fsp3) is 0.350. The van der Waals surface area contributed by atoms with Gasteiger partial charge in [-0.25, -0.2) is 0 Å². The topological polar surface area (TPSA) is 64.4 Å². The highest BCUT2D eigenvalue weighted by Gasteiger charge is 2.29. The largest absolute Gasteiger partial charge is 0.472 e. The number of ether oxygens (including phenoxy) is 1. The van der Waals surface area contributed by atoms with E-state index in [9.17, 15) is 4.79 Å². The number of hydrogen-bond acceptors (Lipinski definition) is 3. The number of hydrogen-bond donors (Lipinski definition) is 2. The predicted molar refractivity (Wildman–Crippen MR) is 96.8 cm³/mol. The summed E-state index contributed by atoms with van der Waals surface area (Å²) in [6.07, 6.45) is 2.48. The summed E-state index contributed by atoms with van der Waals surface area (Å²) in [5.41, 5.74) is 7.79. The van der Waals surface area contributed by atoms with Crippen LogP contribution in [0.25, 0.3) is 0 Å². The fourth-order valence-electron chi connectivity index (χ4n) is 2.70. The first-order chi connectivity index (χ1) is 11.5. The van der Waals surface area contributed by atoms with Gasteiger partial charge in [0.05, 0.1) is 6.42 Å². The Balaban J connectivity index is 2.04. The molecule has 0 bridgehead atoms. The molecule has 2 aromatic rings. The van der Waals surface area contributed by atoms with Gasteiger partial charge in [0.2, 0.25) is 5.91 Å². The van der Waals surface area contributed by atoms with E-state index in [0.29, 0.717) is 12.2 Å². The van der Waals surface area contributed by atoms with E-state index >= 15 is 0 Å². The molecule has 0 saturated carbocycles. The second kappa shape index (κ2) is 8.50. The molecule has 3 N–H and O–H groups in total. The molecule has 0 aliphatic rings. The van der Waals surface area contributed by atoms with E-state index in [4.69, 9.17) is 10.5 Å². The van der Waals surface area contributed by atoms with Crippen molar-refractivity contribution in [3.63, 3.8) is 0 Å². The van der Waals surface area contributed by atoms with Crippen molar-refractivity contribution in [3.05, 3.63) is 65.7 Å². The van der Waals surface area contributed by atoms with Gasteiger partial charge in [0.1, 0.15) is 5.75 Å². The number of benzene rings is 2. The van der Waals surface area contributed by atoms with E-state index in [1.807, 2.05) is 49.4 Å². The number of amides is 1. The first-order valence-corrected chi connectivity index (χ1v) is 8.36. The Labute approximate surface area is 144 Å². The number of carbonyl (C=O) groups excluding carboxylic acids is 1. The van der Waals surface area contributed by atoms with Crippen molar-refractivity contribution in [1.82, 2.24) is 5.32 Å². The molecule has 0 radical (unpaired) electrons. The van der Waals surface area contributed by atoms with Crippen molar-refractivity contribution >= 4 is 5.91 Å². The summed E-state index contributed by atoms with van der Waals surface area (Å²) in [4.78, 5) is 11.7. The van der Waals surface area contributed by atoms with Crippen LogP contribution in [-0.4, -0.2) is 18.7 Å². The lowest BCUT2D eigenvalue weighted by Crippen LogP contribution is -2.49. The minimum Gasteiger partial charge on any atom is -0.472 e. The van der Waals surface area contributed by atoms with E-state index in [0.717, 1.165) is 12.8 Å². The first-order valence-electron chi connectivity index (χ1n) is 8.36. The highest BCUT2D eigenvalue weighted by molar-refractivity contribution is 5.76. The Bertz CT molecular complexity index is 640. The Morgan fingerprint density at radius 2 is 1.71 bits per heavy atom. The molecule has 2 aromatic carbocycles. The summed E-state index contributed by atoms with van der Waals surface area (Å²) in [5.74, 6) is 0.568. The zero-order chi connectivity index (χ0) is 17.4. The smallest absolute Gasteiger partial charge is 0.225 e. The summed E-state index contributed by atoms with van der Waals surface area (Å²) in [6, 6.07) is 18.2. The van der Waals surface area contributed by atoms with Crippen LogP contribution in [0, 0.1) is 0 Å². The van der Waals surface area contributed by atoms with E-state index < -0.39 is 5.72 Å². The molecule has 1 amide bonds. The molecule has 1 atom stereocenters. The molecule has 0 heterocycles. The third-order valence-corrected chi connectivity index (χ3v) is 3.91.